The number of thiophene rings is 1. The normalized spacial score (nSPS) is 11.7. The number of fused-ring (bicyclic) bond motifs is 1. The van der Waals surface area contributed by atoms with E-state index >= 15 is 0 Å². The number of hydrogen-bond acceptors (Lipinski definition) is 7. The summed E-state index contributed by atoms with van der Waals surface area (Å²) in [6.45, 7) is 6.24. The average molecular weight is 370 g/mol. The second kappa shape index (κ2) is 7.70. The number of hydrazone groups is 1. The number of anilines is 1. The molecule has 0 saturated heterocycles. The highest BCUT2D eigenvalue weighted by atomic mass is 32.1. The zero-order chi connectivity index (χ0) is 18.7. The maximum atomic E-state index is 5.39. The Hall–Kier alpha value is -2.67. The van der Waals surface area contributed by atoms with Crippen LogP contribution in [0.15, 0.2) is 29.6 Å². The van der Waals surface area contributed by atoms with Crippen molar-refractivity contribution in [3.63, 3.8) is 0 Å². The summed E-state index contributed by atoms with van der Waals surface area (Å²) >= 11 is 1.67. The monoisotopic (exact) mass is 370 g/mol. The molecule has 1 aromatic carbocycles. The lowest BCUT2D eigenvalue weighted by atomic mass is 10.1. The molecule has 6 nitrogen and oxygen atoms in total. The van der Waals surface area contributed by atoms with Crippen molar-refractivity contribution in [3.05, 3.63) is 40.5 Å². The predicted octanol–water partition coefficient (Wildman–Crippen LogP) is 4.55. The molecule has 0 saturated carbocycles. The van der Waals surface area contributed by atoms with Crippen LogP contribution in [0.2, 0.25) is 0 Å². The lowest BCUT2D eigenvalue weighted by Gasteiger charge is -2.11. The molecule has 1 N–H and O–H groups in total. The molecule has 136 valence electrons. The number of benzene rings is 1. The molecule has 0 bridgehead atoms. The first-order valence-corrected chi connectivity index (χ1v) is 9.16. The van der Waals surface area contributed by atoms with E-state index < -0.39 is 0 Å². The molecule has 0 amide bonds. The lowest BCUT2D eigenvalue weighted by molar-refractivity contribution is 0.355. The number of nitrogens with zero attached hydrogens (tertiary/aromatic N) is 3. The Balaban J connectivity index is 1.96. The number of ether oxygens (including phenoxy) is 2. The number of aromatic nitrogens is 2. The summed E-state index contributed by atoms with van der Waals surface area (Å²) in [5, 5.41) is 5.63. The summed E-state index contributed by atoms with van der Waals surface area (Å²) in [7, 11) is 3.25. The topological polar surface area (TPSA) is 68.6 Å². The Morgan fingerprint density at radius 2 is 1.92 bits per heavy atom. The third-order valence-corrected chi connectivity index (χ3v) is 5.43. The largest absolute Gasteiger partial charge is 0.493 e. The van der Waals surface area contributed by atoms with Crippen molar-refractivity contribution in [3.8, 4) is 11.5 Å². The van der Waals surface area contributed by atoms with E-state index in [1.165, 1.54) is 10.4 Å². The van der Waals surface area contributed by atoms with E-state index in [2.05, 4.69) is 41.3 Å². The third-order valence-electron chi connectivity index (χ3n) is 4.31. The molecular weight excluding hydrogens is 348 g/mol. The van der Waals surface area contributed by atoms with Crippen LogP contribution in [0.4, 0.5) is 5.82 Å². The Morgan fingerprint density at radius 1 is 1.15 bits per heavy atom. The molecule has 2 aromatic heterocycles. The quantitative estimate of drug-likeness (QED) is 0.509. The maximum Gasteiger partial charge on any atom is 0.161 e. The summed E-state index contributed by atoms with van der Waals surface area (Å²) in [5.41, 5.74) is 6.19. The first-order chi connectivity index (χ1) is 12.6. The number of methoxy groups -OCH3 is 2. The highest BCUT2D eigenvalue weighted by molar-refractivity contribution is 7.18. The summed E-state index contributed by atoms with van der Waals surface area (Å²) in [5.74, 6) is 2.10. The zero-order valence-electron chi connectivity index (χ0n) is 15.6. The van der Waals surface area contributed by atoms with Crippen LogP contribution in [0.25, 0.3) is 10.2 Å². The molecule has 0 atom stereocenters. The smallest absolute Gasteiger partial charge is 0.161 e. The number of aryl methyl sites for hydroxylation is 2. The first-order valence-electron chi connectivity index (χ1n) is 8.34. The minimum atomic E-state index is 0.680. The van der Waals surface area contributed by atoms with Gasteiger partial charge in [-0.2, -0.15) is 5.10 Å². The van der Waals surface area contributed by atoms with Gasteiger partial charge in [0.15, 0.2) is 17.3 Å². The van der Waals surface area contributed by atoms with Crippen LogP contribution in [0.5, 0.6) is 11.5 Å². The van der Waals surface area contributed by atoms with Gasteiger partial charge in [-0.3, -0.25) is 5.43 Å². The molecule has 0 spiro atoms. The summed E-state index contributed by atoms with van der Waals surface area (Å²) in [6, 6.07) is 5.79. The van der Waals surface area contributed by atoms with E-state index in [-0.39, 0.29) is 0 Å². The van der Waals surface area contributed by atoms with Gasteiger partial charge in [0.05, 0.1) is 25.3 Å². The fourth-order valence-electron chi connectivity index (χ4n) is 2.75. The molecule has 0 radical (unpaired) electrons. The minimum absolute atomic E-state index is 0.680. The number of rotatable bonds is 6. The number of nitrogens with one attached hydrogen (secondary N) is 1. The molecule has 0 aliphatic rings. The van der Waals surface area contributed by atoms with Gasteiger partial charge in [-0.25, -0.2) is 9.97 Å². The molecule has 0 unspecified atom stereocenters. The van der Waals surface area contributed by atoms with E-state index in [9.17, 15) is 0 Å². The second-order valence-corrected chi connectivity index (χ2v) is 6.98. The van der Waals surface area contributed by atoms with Gasteiger partial charge in [-0.05, 0) is 44.0 Å². The molecule has 3 rings (SSSR count). The van der Waals surface area contributed by atoms with Crippen molar-refractivity contribution in [1.29, 1.82) is 0 Å². The van der Waals surface area contributed by atoms with Gasteiger partial charge < -0.3 is 9.47 Å². The molecular formula is C19H22N4O2S. The van der Waals surface area contributed by atoms with Gasteiger partial charge in [0, 0.05) is 10.4 Å². The van der Waals surface area contributed by atoms with Gasteiger partial charge in [0.2, 0.25) is 0 Å². The Labute approximate surface area is 156 Å². The fourth-order valence-corrected chi connectivity index (χ4v) is 3.75. The van der Waals surface area contributed by atoms with Crippen molar-refractivity contribution >= 4 is 33.1 Å². The van der Waals surface area contributed by atoms with Crippen molar-refractivity contribution in [2.75, 3.05) is 19.6 Å². The van der Waals surface area contributed by atoms with Crippen LogP contribution in [0, 0.1) is 13.8 Å². The van der Waals surface area contributed by atoms with Gasteiger partial charge in [0.25, 0.3) is 0 Å². The van der Waals surface area contributed by atoms with E-state index in [4.69, 9.17) is 9.47 Å². The van der Waals surface area contributed by atoms with Crippen molar-refractivity contribution in [2.24, 2.45) is 5.10 Å². The molecule has 0 fully saturated rings. The molecule has 2 heterocycles. The standard InChI is InChI=1S/C19H22N4O2S/c1-6-14(13-7-8-15(24-4)16(9-13)25-5)22-23-18-17-11(2)12(3)26-19(17)21-10-20-18/h7-10H,6H2,1-5H3,(H,20,21,23)/b22-14+. The van der Waals surface area contributed by atoms with E-state index in [0.717, 1.165) is 33.7 Å². The van der Waals surface area contributed by atoms with Gasteiger partial charge >= 0.3 is 0 Å². The maximum absolute atomic E-state index is 5.39. The van der Waals surface area contributed by atoms with E-state index in [0.29, 0.717) is 11.5 Å². The molecule has 26 heavy (non-hydrogen) atoms. The van der Waals surface area contributed by atoms with Crippen LogP contribution >= 0.6 is 11.3 Å². The lowest BCUT2D eigenvalue weighted by Crippen LogP contribution is -2.05. The molecule has 0 aliphatic carbocycles. The van der Waals surface area contributed by atoms with Crippen molar-refractivity contribution in [2.45, 2.75) is 27.2 Å². The van der Waals surface area contributed by atoms with E-state index in [1.54, 1.807) is 31.9 Å². The van der Waals surface area contributed by atoms with E-state index in [1.807, 2.05) is 18.2 Å². The number of hydrogen-bond donors (Lipinski definition) is 1. The minimum Gasteiger partial charge on any atom is -0.493 e. The van der Waals surface area contributed by atoms with Gasteiger partial charge in [-0.15, -0.1) is 11.3 Å². The van der Waals surface area contributed by atoms with Crippen LogP contribution in [-0.2, 0) is 0 Å². The van der Waals surface area contributed by atoms with Gasteiger partial charge in [0.1, 0.15) is 11.2 Å². The van der Waals surface area contributed by atoms with Crippen LogP contribution < -0.4 is 14.9 Å². The van der Waals surface area contributed by atoms with Gasteiger partial charge in [-0.1, -0.05) is 6.92 Å². The summed E-state index contributed by atoms with van der Waals surface area (Å²) in [4.78, 5) is 10.9. The Bertz CT molecular complexity index is 966. The Morgan fingerprint density at radius 3 is 2.62 bits per heavy atom. The average Bonchev–Trinajstić information content (AvgIpc) is 2.96. The zero-order valence-corrected chi connectivity index (χ0v) is 16.4. The van der Waals surface area contributed by atoms with Crippen LogP contribution in [-0.4, -0.2) is 29.9 Å². The fraction of sp³-hybridized carbons (Fsp3) is 0.316. The van der Waals surface area contributed by atoms with Crippen molar-refractivity contribution in [1.82, 2.24) is 9.97 Å². The van der Waals surface area contributed by atoms with Crippen LogP contribution in [0.1, 0.15) is 29.3 Å². The first kappa shape index (κ1) is 18.1. The predicted molar refractivity (Wildman–Crippen MR) is 107 cm³/mol. The third kappa shape index (κ3) is 3.35. The molecule has 0 aliphatic heterocycles. The van der Waals surface area contributed by atoms with Crippen molar-refractivity contribution < 1.29 is 9.47 Å². The molecule has 7 heteroatoms. The SMILES string of the molecule is CC/C(=N\Nc1ncnc2sc(C)c(C)c12)c1ccc(OC)c(OC)c1. The van der Waals surface area contributed by atoms with Crippen LogP contribution in [0.3, 0.4) is 0 Å². The highest BCUT2D eigenvalue weighted by Gasteiger charge is 2.12. The summed E-state index contributed by atoms with van der Waals surface area (Å²) in [6.07, 6.45) is 2.33. The second-order valence-electron chi connectivity index (χ2n) is 5.78. The highest BCUT2D eigenvalue weighted by Crippen LogP contribution is 2.32. The Kier molecular flexibility index (Phi) is 5.37. The summed E-state index contributed by atoms with van der Waals surface area (Å²) < 4.78 is 10.7. The molecule has 3 aromatic rings.